The fourth-order valence-corrected chi connectivity index (χ4v) is 3.69. The Hall–Kier alpha value is -3.68. The summed E-state index contributed by atoms with van der Waals surface area (Å²) < 4.78 is 5.09. The molecule has 0 heterocycles. The van der Waals surface area contributed by atoms with E-state index >= 15 is 0 Å². The maximum Gasteiger partial charge on any atom is 0.339 e. The number of ketones is 1. The van der Waals surface area contributed by atoms with Crippen LogP contribution in [0.1, 0.15) is 122 Å². The van der Waals surface area contributed by atoms with E-state index in [0.29, 0.717) is 18.4 Å². The van der Waals surface area contributed by atoms with Gasteiger partial charge < -0.3 is 20.1 Å². The SMILES string of the molecule is CCCCCCCC(=O)Oc1ccccc1C(=O)O.CCCCCCCC(=O)c1ccc(O)c(C(=O)O)c1. The number of aromatic carboxylic acids is 2. The van der Waals surface area contributed by atoms with Crippen LogP contribution in [0.15, 0.2) is 42.5 Å². The zero-order valence-corrected chi connectivity index (χ0v) is 22.4. The van der Waals surface area contributed by atoms with Gasteiger partial charge in [0, 0.05) is 18.4 Å². The third kappa shape index (κ3) is 12.5. The highest BCUT2D eigenvalue weighted by atomic mass is 16.5. The van der Waals surface area contributed by atoms with Crippen molar-refractivity contribution in [1.82, 2.24) is 0 Å². The fraction of sp³-hybridized carbons (Fsp3) is 0.467. The number of para-hydroxylation sites is 1. The molecule has 2 aromatic carbocycles. The van der Waals surface area contributed by atoms with E-state index in [1.165, 1.54) is 43.2 Å². The third-order valence-electron chi connectivity index (χ3n) is 5.88. The predicted octanol–water partition coefficient (Wildman–Crippen LogP) is 7.28. The van der Waals surface area contributed by atoms with Crippen LogP contribution in [-0.4, -0.2) is 39.0 Å². The number of Topliss-reactive ketones (excluding diaryl/α,β-unsaturated/α-hetero) is 1. The molecule has 0 unspecified atom stereocenters. The van der Waals surface area contributed by atoms with Crippen LogP contribution in [0.3, 0.4) is 0 Å². The standard InChI is InChI=1S/2C15H20O4/c1-2-3-4-5-6-11-14(16)19-13-10-8-7-9-12(13)15(17)18;1-2-3-4-5-6-7-13(16)11-8-9-14(17)12(10-11)15(18)19/h7-10H,2-6,11H2,1H3,(H,17,18);8-10,17H,2-7H2,1H3,(H,18,19). The number of rotatable bonds is 16. The van der Waals surface area contributed by atoms with Crippen molar-refractivity contribution < 1.29 is 39.2 Å². The van der Waals surface area contributed by atoms with Crippen molar-refractivity contribution in [2.24, 2.45) is 0 Å². The summed E-state index contributed by atoms with van der Waals surface area (Å²) in [5, 5.41) is 27.2. The van der Waals surface area contributed by atoms with Crippen LogP contribution >= 0.6 is 0 Å². The van der Waals surface area contributed by atoms with E-state index in [-0.39, 0.29) is 34.4 Å². The molecule has 8 heteroatoms. The zero-order valence-electron chi connectivity index (χ0n) is 22.4. The predicted molar refractivity (Wildman–Crippen MR) is 145 cm³/mol. The summed E-state index contributed by atoms with van der Waals surface area (Å²) in [6.07, 6.45) is 11.3. The molecular formula is C30H40O8. The smallest absolute Gasteiger partial charge is 0.339 e. The molecule has 0 bridgehead atoms. The summed E-state index contributed by atoms with van der Waals surface area (Å²) in [5.74, 6) is -2.95. The second-order valence-corrected chi connectivity index (χ2v) is 9.06. The van der Waals surface area contributed by atoms with Gasteiger partial charge in [0.2, 0.25) is 0 Å². The van der Waals surface area contributed by atoms with E-state index in [0.717, 1.165) is 51.4 Å². The number of carbonyl (C=O) groups excluding carboxylic acids is 2. The van der Waals surface area contributed by atoms with Crippen LogP contribution in [0.25, 0.3) is 0 Å². The Balaban J connectivity index is 0.000000380. The Kier molecular flexibility index (Phi) is 15.8. The number of ether oxygens (including phenoxy) is 1. The van der Waals surface area contributed by atoms with Gasteiger partial charge >= 0.3 is 17.9 Å². The van der Waals surface area contributed by atoms with Crippen molar-refractivity contribution in [1.29, 1.82) is 0 Å². The lowest BCUT2D eigenvalue weighted by molar-refractivity contribution is -0.134. The number of benzene rings is 2. The summed E-state index contributed by atoms with van der Waals surface area (Å²) in [6, 6.07) is 10.1. The molecule has 0 fully saturated rings. The van der Waals surface area contributed by atoms with Gasteiger partial charge in [-0.3, -0.25) is 9.59 Å². The first-order valence-electron chi connectivity index (χ1n) is 13.3. The minimum Gasteiger partial charge on any atom is -0.507 e. The average Bonchev–Trinajstić information content (AvgIpc) is 2.89. The van der Waals surface area contributed by atoms with Gasteiger partial charge in [0.25, 0.3) is 0 Å². The Morgan fingerprint density at radius 3 is 1.82 bits per heavy atom. The molecule has 2 rings (SSSR count). The Morgan fingerprint density at radius 2 is 1.24 bits per heavy atom. The van der Waals surface area contributed by atoms with Crippen LogP contribution in [0.5, 0.6) is 11.5 Å². The first kappa shape index (κ1) is 32.3. The van der Waals surface area contributed by atoms with Gasteiger partial charge in [-0.25, -0.2) is 9.59 Å². The molecule has 0 atom stereocenters. The van der Waals surface area contributed by atoms with Gasteiger partial charge in [-0.2, -0.15) is 0 Å². The molecule has 0 radical (unpaired) electrons. The maximum atomic E-state index is 11.9. The van der Waals surface area contributed by atoms with Crippen molar-refractivity contribution in [3.63, 3.8) is 0 Å². The van der Waals surface area contributed by atoms with E-state index in [2.05, 4.69) is 13.8 Å². The lowest BCUT2D eigenvalue weighted by Crippen LogP contribution is -2.10. The van der Waals surface area contributed by atoms with Crippen molar-refractivity contribution in [2.75, 3.05) is 0 Å². The highest BCUT2D eigenvalue weighted by Crippen LogP contribution is 2.21. The van der Waals surface area contributed by atoms with Crippen LogP contribution in [0, 0.1) is 0 Å². The average molecular weight is 529 g/mol. The van der Waals surface area contributed by atoms with Gasteiger partial charge in [0.05, 0.1) is 0 Å². The van der Waals surface area contributed by atoms with Crippen molar-refractivity contribution in [3.8, 4) is 11.5 Å². The van der Waals surface area contributed by atoms with E-state index in [4.69, 9.17) is 14.9 Å². The lowest BCUT2D eigenvalue weighted by Gasteiger charge is -2.07. The number of carboxylic acid groups (broad SMARTS) is 2. The monoisotopic (exact) mass is 528 g/mol. The van der Waals surface area contributed by atoms with Crippen LogP contribution in [0.2, 0.25) is 0 Å². The molecule has 8 nitrogen and oxygen atoms in total. The van der Waals surface area contributed by atoms with Gasteiger partial charge in [-0.1, -0.05) is 77.3 Å². The molecule has 3 N–H and O–H groups in total. The number of esters is 1. The quantitative estimate of drug-likeness (QED) is 0.0894. The van der Waals surface area contributed by atoms with E-state index in [1.54, 1.807) is 12.1 Å². The van der Waals surface area contributed by atoms with Crippen molar-refractivity contribution in [2.45, 2.75) is 90.9 Å². The molecule has 0 spiro atoms. The molecule has 0 amide bonds. The van der Waals surface area contributed by atoms with Crippen molar-refractivity contribution in [3.05, 3.63) is 59.2 Å². The van der Waals surface area contributed by atoms with E-state index in [9.17, 15) is 24.3 Å². The maximum absolute atomic E-state index is 11.9. The number of phenols is 1. The lowest BCUT2D eigenvalue weighted by atomic mass is 10.0. The third-order valence-corrected chi connectivity index (χ3v) is 5.88. The summed E-state index contributed by atoms with van der Waals surface area (Å²) in [6.45, 7) is 4.27. The highest BCUT2D eigenvalue weighted by molar-refractivity contribution is 6.00. The zero-order chi connectivity index (χ0) is 28.3. The Morgan fingerprint density at radius 1 is 0.684 bits per heavy atom. The molecule has 208 valence electrons. The van der Waals surface area contributed by atoms with Crippen LogP contribution < -0.4 is 4.74 Å². The van der Waals surface area contributed by atoms with Gasteiger partial charge in [-0.05, 0) is 43.2 Å². The number of aromatic hydroxyl groups is 1. The normalized spacial score (nSPS) is 10.3. The molecule has 2 aromatic rings. The van der Waals surface area contributed by atoms with Gasteiger partial charge in [0.15, 0.2) is 5.78 Å². The number of hydrogen-bond acceptors (Lipinski definition) is 6. The molecule has 0 aliphatic rings. The van der Waals surface area contributed by atoms with Crippen LogP contribution in [0.4, 0.5) is 0 Å². The molecular weight excluding hydrogens is 488 g/mol. The summed E-state index contributed by atoms with van der Waals surface area (Å²) in [7, 11) is 0. The first-order valence-corrected chi connectivity index (χ1v) is 13.3. The van der Waals surface area contributed by atoms with Gasteiger partial charge in [-0.15, -0.1) is 0 Å². The number of hydrogen-bond donors (Lipinski definition) is 3. The van der Waals surface area contributed by atoms with E-state index < -0.39 is 11.9 Å². The number of unbranched alkanes of at least 4 members (excludes halogenated alkanes) is 8. The summed E-state index contributed by atoms with van der Waals surface area (Å²) in [4.78, 5) is 45.3. The highest BCUT2D eigenvalue weighted by Gasteiger charge is 2.14. The minimum absolute atomic E-state index is 0.0156. The molecule has 0 aliphatic heterocycles. The fourth-order valence-electron chi connectivity index (χ4n) is 3.69. The van der Waals surface area contributed by atoms with Gasteiger partial charge in [0.1, 0.15) is 22.6 Å². The summed E-state index contributed by atoms with van der Waals surface area (Å²) >= 11 is 0. The number of carboxylic acids is 2. The van der Waals surface area contributed by atoms with Crippen molar-refractivity contribution >= 4 is 23.7 Å². The van der Waals surface area contributed by atoms with Crippen LogP contribution in [-0.2, 0) is 4.79 Å². The molecule has 0 saturated heterocycles. The largest absolute Gasteiger partial charge is 0.507 e. The Bertz CT molecular complexity index is 1040. The second kappa shape index (κ2) is 18.5. The van der Waals surface area contributed by atoms with E-state index in [1.807, 2.05) is 0 Å². The molecule has 38 heavy (non-hydrogen) atoms. The molecule has 0 aliphatic carbocycles. The summed E-state index contributed by atoms with van der Waals surface area (Å²) in [5.41, 5.74) is 0.143. The molecule has 0 aromatic heterocycles. The number of carbonyl (C=O) groups is 4. The second-order valence-electron chi connectivity index (χ2n) is 9.06. The minimum atomic E-state index is -1.23. The Labute approximate surface area is 224 Å². The topological polar surface area (TPSA) is 138 Å². The molecule has 0 saturated carbocycles. The first-order chi connectivity index (χ1) is 18.2.